The molecule has 4 rings (SSSR count). The van der Waals surface area contributed by atoms with E-state index in [1.807, 2.05) is 4.90 Å². The molecule has 0 aliphatic carbocycles. The molecule has 1 unspecified atom stereocenters. The van der Waals surface area contributed by atoms with Crippen LogP contribution < -0.4 is 9.62 Å². The van der Waals surface area contributed by atoms with Crippen molar-refractivity contribution in [3.63, 3.8) is 0 Å². The Kier molecular flexibility index (Phi) is 7.27. The summed E-state index contributed by atoms with van der Waals surface area (Å²) < 4.78 is 49.5. The van der Waals surface area contributed by atoms with Crippen molar-refractivity contribution < 1.29 is 27.4 Å². The van der Waals surface area contributed by atoms with Crippen LogP contribution in [0.1, 0.15) is 38.8 Å². The lowest BCUT2D eigenvalue weighted by Gasteiger charge is -2.33. The van der Waals surface area contributed by atoms with Gasteiger partial charge < -0.3 is 14.7 Å². The molecular formula is C22H30FN5O5S. The number of morpholine rings is 1. The summed E-state index contributed by atoms with van der Waals surface area (Å²) >= 11 is 0. The minimum atomic E-state index is -3.68. The number of anilines is 2. The molecule has 2 aromatic rings. The molecule has 1 atom stereocenters. The van der Waals surface area contributed by atoms with Crippen LogP contribution in [0, 0.1) is 5.82 Å². The van der Waals surface area contributed by atoms with Crippen LogP contribution in [0.25, 0.3) is 11.1 Å². The second kappa shape index (κ2) is 10.2. The highest BCUT2D eigenvalue weighted by atomic mass is 32.2. The van der Waals surface area contributed by atoms with Crippen LogP contribution in [-0.4, -0.2) is 72.9 Å². The van der Waals surface area contributed by atoms with E-state index in [-0.39, 0.29) is 17.0 Å². The fraction of sp³-hybridized carbons (Fsp3) is 0.545. The van der Waals surface area contributed by atoms with E-state index in [0.29, 0.717) is 57.1 Å². The van der Waals surface area contributed by atoms with Gasteiger partial charge in [-0.25, -0.2) is 22.3 Å². The summed E-state index contributed by atoms with van der Waals surface area (Å²) in [5.41, 5.74) is 0.547. The zero-order valence-electron chi connectivity index (χ0n) is 19.1. The number of benzene rings is 1. The fourth-order valence-corrected chi connectivity index (χ4v) is 5.58. The number of nitrogens with one attached hydrogen (secondary N) is 1. The summed E-state index contributed by atoms with van der Waals surface area (Å²) in [7, 11) is -3.68. The Balaban J connectivity index is 1.77. The Hall–Kier alpha value is -2.86. The molecule has 0 spiro atoms. The maximum atomic E-state index is 15.6. The normalized spacial score (nSPS) is 19.3. The highest BCUT2D eigenvalue weighted by Gasteiger charge is 2.31. The molecule has 2 aliphatic heterocycles. The lowest BCUT2D eigenvalue weighted by Crippen LogP contribution is -2.41. The molecule has 0 radical (unpaired) electrons. The molecule has 1 amide bonds. The third-order valence-electron chi connectivity index (χ3n) is 6.07. The average molecular weight is 496 g/mol. The van der Waals surface area contributed by atoms with E-state index in [2.05, 4.69) is 4.72 Å². The van der Waals surface area contributed by atoms with Crippen molar-refractivity contribution >= 4 is 27.6 Å². The number of likely N-dealkylation sites (tertiary alicyclic amines) is 1. The fourth-order valence-electron chi connectivity index (χ4n) is 4.45. The Morgan fingerprint density at radius 3 is 2.71 bits per heavy atom. The van der Waals surface area contributed by atoms with Gasteiger partial charge in [-0.2, -0.15) is 5.10 Å². The minimum Gasteiger partial charge on any atom is -0.465 e. The molecule has 3 heterocycles. The number of carboxylic acid groups (broad SMARTS) is 1. The molecule has 34 heavy (non-hydrogen) atoms. The monoisotopic (exact) mass is 495 g/mol. The van der Waals surface area contributed by atoms with E-state index in [9.17, 15) is 18.3 Å². The van der Waals surface area contributed by atoms with Gasteiger partial charge in [-0.05, 0) is 31.7 Å². The molecule has 1 aromatic heterocycles. The van der Waals surface area contributed by atoms with Gasteiger partial charge in [-0.15, -0.1) is 0 Å². The quantitative estimate of drug-likeness (QED) is 0.605. The summed E-state index contributed by atoms with van der Waals surface area (Å²) in [5, 5.41) is 14.4. The maximum Gasteiger partial charge on any atom is 0.409 e. The van der Waals surface area contributed by atoms with E-state index in [1.54, 1.807) is 29.9 Å². The van der Waals surface area contributed by atoms with Gasteiger partial charge in [-0.1, -0.05) is 19.1 Å². The Morgan fingerprint density at radius 1 is 1.24 bits per heavy atom. The van der Waals surface area contributed by atoms with E-state index < -0.39 is 28.1 Å². The Labute approximate surface area is 198 Å². The molecule has 0 bridgehead atoms. The molecule has 2 aliphatic rings. The first-order chi connectivity index (χ1) is 16.3. The van der Waals surface area contributed by atoms with Crippen molar-refractivity contribution in [1.82, 2.24) is 14.7 Å². The van der Waals surface area contributed by atoms with Crippen molar-refractivity contribution in [2.24, 2.45) is 0 Å². The van der Waals surface area contributed by atoms with E-state index >= 15 is 4.39 Å². The van der Waals surface area contributed by atoms with E-state index in [4.69, 9.17) is 9.84 Å². The zero-order valence-corrected chi connectivity index (χ0v) is 19.9. The minimum absolute atomic E-state index is 0.111. The summed E-state index contributed by atoms with van der Waals surface area (Å²) in [6.07, 6.45) is 2.81. The summed E-state index contributed by atoms with van der Waals surface area (Å²) in [6.45, 7) is 4.25. The number of halogens is 1. The molecule has 2 fully saturated rings. The summed E-state index contributed by atoms with van der Waals surface area (Å²) in [6, 6.07) is 4.55. The molecule has 186 valence electrons. The number of sulfonamides is 1. The topological polar surface area (TPSA) is 117 Å². The van der Waals surface area contributed by atoms with Gasteiger partial charge >= 0.3 is 6.09 Å². The number of hydrogen-bond acceptors (Lipinski definition) is 6. The second-order valence-corrected chi connectivity index (χ2v) is 10.3. The van der Waals surface area contributed by atoms with E-state index in [1.165, 1.54) is 11.0 Å². The van der Waals surface area contributed by atoms with Crippen LogP contribution in [0.5, 0.6) is 0 Å². The summed E-state index contributed by atoms with van der Waals surface area (Å²) in [5.74, 6) is -0.290. The largest absolute Gasteiger partial charge is 0.465 e. The lowest BCUT2D eigenvalue weighted by molar-refractivity contribution is 0.0733. The molecule has 2 saturated heterocycles. The molecule has 10 nitrogen and oxygen atoms in total. The van der Waals surface area contributed by atoms with Crippen LogP contribution in [0.4, 0.5) is 20.7 Å². The second-order valence-electron chi connectivity index (χ2n) is 8.49. The van der Waals surface area contributed by atoms with Crippen molar-refractivity contribution in [2.45, 2.75) is 38.8 Å². The number of nitrogens with zero attached hydrogens (tertiary/aromatic N) is 4. The maximum absolute atomic E-state index is 15.6. The van der Waals surface area contributed by atoms with Gasteiger partial charge in [0, 0.05) is 37.0 Å². The van der Waals surface area contributed by atoms with Crippen LogP contribution in [0.15, 0.2) is 24.4 Å². The standard InChI is InChI=1S/C22H30FN5O5S/c1-2-14-34(31,32)25-18-7-5-6-16(20(18)23)17-15-28(19-8-3-4-9-27(19)22(29)30)24-21(17)26-10-12-33-13-11-26/h5-7,15,19,25H,2-4,8-14H2,1H3,(H,29,30). The summed E-state index contributed by atoms with van der Waals surface area (Å²) in [4.78, 5) is 15.2. The van der Waals surface area contributed by atoms with Crippen LogP contribution in [-0.2, 0) is 14.8 Å². The number of hydrogen-bond donors (Lipinski definition) is 2. The number of piperidine rings is 1. The molecular weight excluding hydrogens is 465 g/mol. The highest BCUT2D eigenvalue weighted by Crippen LogP contribution is 2.37. The van der Waals surface area contributed by atoms with Gasteiger partial charge in [-0.3, -0.25) is 9.62 Å². The predicted octanol–water partition coefficient (Wildman–Crippen LogP) is 3.34. The lowest BCUT2D eigenvalue weighted by atomic mass is 10.1. The van der Waals surface area contributed by atoms with Crippen molar-refractivity contribution in [3.05, 3.63) is 30.2 Å². The predicted molar refractivity (Wildman–Crippen MR) is 126 cm³/mol. The third-order valence-corrected chi connectivity index (χ3v) is 7.55. The highest BCUT2D eigenvalue weighted by molar-refractivity contribution is 7.92. The Morgan fingerprint density at radius 2 is 2.00 bits per heavy atom. The first-order valence-electron chi connectivity index (χ1n) is 11.5. The van der Waals surface area contributed by atoms with Gasteiger partial charge in [0.05, 0.1) is 24.7 Å². The van der Waals surface area contributed by atoms with Crippen molar-refractivity contribution in [2.75, 3.05) is 48.2 Å². The molecule has 2 N–H and O–H groups in total. The van der Waals surface area contributed by atoms with Crippen LogP contribution in [0.3, 0.4) is 0 Å². The average Bonchev–Trinajstić information content (AvgIpc) is 3.26. The van der Waals surface area contributed by atoms with Crippen LogP contribution >= 0.6 is 0 Å². The van der Waals surface area contributed by atoms with Crippen molar-refractivity contribution in [3.8, 4) is 11.1 Å². The van der Waals surface area contributed by atoms with Gasteiger partial charge in [0.25, 0.3) is 0 Å². The number of amides is 1. The molecule has 0 saturated carbocycles. The first kappa shape index (κ1) is 24.3. The van der Waals surface area contributed by atoms with Crippen molar-refractivity contribution in [1.29, 1.82) is 0 Å². The SMILES string of the molecule is CCCS(=O)(=O)Nc1cccc(-c2cn(C3CCCCN3C(=O)O)nc2N2CCOCC2)c1F. The van der Waals surface area contributed by atoms with Gasteiger partial charge in [0.2, 0.25) is 10.0 Å². The van der Waals surface area contributed by atoms with E-state index in [0.717, 1.165) is 12.8 Å². The number of ether oxygens (including phenoxy) is 1. The smallest absolute Gasteiger partial charge is 0.409 e. The number of aromatic nitrogens is 2. The Bertz CT molecular complexity index is 1130. The van der Waals surface area contributed by atoms with Gasteiger partial charge in [0.1, 0.15) is 6.17 Å². The van der Waals surface area contributed by atoms with Gasteiger partial charge in [0.15, 0.2) is 11.6 Å². The molecule has 1 aromatic carbocycles. The number of rotatable bonds is 7. The third kappa shape index (κ3) is 5.12. The zero-order chi connectivity index (χ0) is 24.3. The number of carbonyl (C=O) groups is 1. The first-order valence-corrected chi connectivity index (χ1v) is 13.2. The molecule has 12 heteroatoms. The van der Waals surface area contributed by atoms with Crippen LogP contribution in [0.2, 0.25) is 0 Å².